The number of β-lactam (4-membered cyclic amide) rings is 1. The topological polar surface area (TPSA) is 57.6 Å². The smallest absolute Gasteiger partial charge is 0.236 e. The third kappa shape index (κ3) is 2.01. The molecule has 0 aliphatic carbocycles. The lowest BCUT2D eigenvalue weighted by Gasteiger charge is -2.38. The summed E-state index contributed by atoms with van der Waals surface area (Å²) in [5.41, 5.74) is 0. The molecule has 0 aromatic carbocycles. The first-order chi connectivity index (χ1) is 6.57. The first-order valence-corrected chi connectivity index (χ1v) is 4.71. The maximum atomic E-state index is 11.3. The van der Waals surface area contributed by atoms with Gasteiger partial charge in [-0.15, -0.1) is 6.58 Å². The van der Waals surface area contributed by atoms with Gasteiger partial charge in [-0.05, 0) is 13.3 Å². The van der Waals surface area contributed by atoms with Crippen molar-refractivity contribution < 1.29 is 14.7 Å². The molecule has 0 aromatic rings. The summed E-state index contributed by atoms with van der Waals surface area (Å²) in [7, 11) is 0. The Morgan fingerprint density at radius 1 is 1.86 bits per heavy atom. The van der Waals surface area contributed by atoms with Crippen LogP contribution < -0.4 is 0 Å². The Morgan fingerprint density at radius 3 is 2.93 bits per heavy atom. The molecule has 0 aromatic heterocycles. The van der Waals surface area contributed by atoms with E-state index in [9.17, 15) is 9.59 Å². The number of allylic oxidation sites excluding steroid dienone is 1. The Hall–Kier alpha value is -1.16. The number of likely N-dealkylation sites (tertiary alicyclic amines) is 1. The molecule has 4 nitrogen and oxygen atoms in total. The largest absolute Gasteiger partial charge is 0.393 e. The van der Waals surface area contributed by atoms with Gasteiger partial charge in [-0.1, -0.05) is 6.08 Å². The molecule has 1 fully saturated rings. The van der Waals surface area contributed by atoms with Gasteiger partial charge >= 0.3 is 0 Å². The van der Waals surface area contributed by atoms with Gasteiger partial charge in [0.15, 0.2) is 0 Å². The van der Waals surface area contributed by atoms with E-state index in [1.54, 1.807) is 13.0 Å². The number of aliphatic hydroxyl groups is 1. The van der Waals surface area contributed by atoms with Gasteiger partial charge < -0.3 is 5.11 Å². The van der Waals surface area contributed by atoms with Crippen molar-refractivity contribution in [2.75, 3.05) is 6.54 Å². The van der Waals surface area contributed by atoms with Crippen LogP contribution in [0.5, 0.6) is 0 Å². The second-order valence-corrected chi connectivity index (χ2v) is 3.52. The number of carbonyl (C=O) groups excluding carboxylic acids is 2. The molecule has 1 aliphatic rings. The van der Waals surface area contributed by atoms with Crippen molar-refractivity contribution in [1.29, 1.82) is 0 Å². The number of imide groups is 1. The molecule has 1 rings (SSSR count). The quantitative estimate of drug-likeness (QED) is 0.521. The predicted octanol–water partition coefficient (Wildman–Crippen LogP) is 0.318. The van der Waals surface area contributed by atoms with Crippen LogP contribution in [0.3, 0.4) is 0 Å². The van der Waals surface area contributed by atoms with Crippen LogP contribution in [0.15, 0.2) is 12.7 Å². The van der Waals surface area contributed by atoms with E-state index in [1.165, 1.54) is 4.90 Å². The lowest BCUT2D eigenvalue weighted by Crippen LogP contribution is -2.58. The van der Waals surface area contributed by atoms with Gasteiger partial charge in [0.25, 0.3) is 0 Å². The predicted molar refractivity (Wildman–Crippen MR) is 51.3 cm³/mol. The maximum absolute atomic E-state index is 11.3. The second kappa shape index (κ2) is 4.37. The molecule has 2 atom stereocenters. The minimum absolute atomic E-state index is 0.174. The molecule has 0 spiro atoms. The maximum Gasteiger partial charge on any atom is 0.236 e. The molecule has 0 bridgehead atoms. The number of carbonyl (C=O) groups is 2. The second-order valence-electron chi connectivity index (χ2n) is 3.52. The first kappa shape index (κ1) is 10.9. The molecule has 14 heavy (non-hydrogen) atoms. The SMILES string of the molecule is C=CCCC(=O)N1C[C@@H]([C@@H](C)O)C1=O. The highest BCUT2D eigenvalue weighted by molar-refractivity contribution is 6.01. The van der Waals surface area contributed by atoms with Crippen LogP contribution in [0, 0.1) is 5.92 Å². The molecule has 0 unspecified atom stereocenters. The monoisotopic (exact) mass is 197 g/mol. The van der Waals surface area contributed by atoms with E-state index in [0.717, 1.165) is 0 Å². The third-order valence-electron chi connectivity index (χ3n) is 2.41. The Bertz CT molecular complexity index is 260. The zero-order valence-corrected chi connectivity index (χ0v) is 8.27. The van der Waals surface area contributed by atoms with Gasteiger partial charge in [-0.25, -0.2) is 0 Å². The molecule has 0 radical (unpaired) electrons. The highest BCUT2D eigenvalue weighted by atomic mass is 16.3. The van der Waals surface area contributed by atoms with E-state index in [0.29, 0.717) is 19.4 Å². The Labute approximate surface area is 83.2 Å². The number of aliphatic hydroxyl groups excluding tert-OH is 1. The molecule has 1 N–H and O–H groups in total. The number of hydrogen-bond acceptors (Lipinski definition) is 3. The van der Waals surface area contributed by atoms with Crippen LogP contribution in [-0.4, -0.2) is 34.5 Å². The van der Waals surface area contributed by atoms with Crippen molar-refractivity contribution in [3.63, 3.8) is 0 Å². The molecule has 2 amide bonds. The molecule has 0 saturated carbocycles. The summed E-state index contributed by atoms with van der Waals surface area (Å²) in [6.45, 7) is 5.42. The summed E-state index contributed by atoms with van der Waals surface area (Å²) in [5, 5.41) is 9.14. The molecule has 78 valence electrons. The summed E-state index contributed by atoms with van der Waals surface area (Å²) in [5.74, 6) is -0.816. The van der Waals surface area contributed by atoms with Crippen LogP contribution in [-0.2, 0) is 9.59 Å². The van der Waals surface area contributed by atoms with Crippen molar-refractivity contribution in [1.82, 2.24) is 4.90 Å². The Kier molecular flexibility index (Phi) is 3.41. The zero-order valence-electron chi connectivity index (χ0n) is 8.27. The molecule has 4 heteroatoms. The van der Waals surface area contributed by atoms with Crippen molar-refractivity contribution in [2.24, 2.45) is 5.92 Å². The molecule has 1 heterocycles. The van der Waals surface area contributed by atoms with Gasteiger partial charge in [0.1, 0.15) is 0 Å². The number of hydrogen-bond donors (Lipinski definition) is 1. The number of rotatable bonds is 4. The summed E-state index contributed by atoms with van der Waals surface area (Å²) >= 11 is 0. The molecular weight excluding hydrogens is 182 g/mol. The Balaban J connectivity index is 2.40. The van der Waals surface area contributed by atoms with Crippen molar-refractivity contribution in [3.05, 3.63) is 12.7 Å². The van der Waals surface area contributed by atoms with E-state index in [1.807, 2.05) is 0 Å². The van der Waals surface area contributed by atoms with Crippen LogP contribution >= 0.6 is 0 Å². The highest BCUT2D eigenvalue weighted by Crippen LogP contribution is 2.22. The summed E-state index contributed by atoms with van der Waals surface area (Å²) in [4.78, 5) is 23.9. The minimum Gasteiger partial charge on any atom is -0.393 e. The van der Waals surface area contributed by atoms with E-state index in [4.69, 9.17) is 5.11 Å². The van der Waals surface area contributed by atoms with E-state index in [-0.39, 0.29) is 17.7 Å². The lowest BCUT2D eigenvalue weighted by molar-refractivity contribution is -0.163. The average molecular weight is 197 g/mol. The molecule has 1 aliphatic heterocycles. The van der Waals surface area contributed by atoms with Gasteiger partial charge in [0.05, 0.1) is 12.0 Å². The third-order valence-corrected chi connectivity index (χ3v) is 2.41. The number of amides is 2. The van der Waals surface area contributed by atoms with Crippen LogP contribution in [0.1, 0.15) is 19.8 Å². The van der Waals surface area contributed by atoms with E-state index < -0.39 is 6.10 Å². The van der Waals surface area contributed by atoms with Gasteiger partial charge in [-0.3, -0.25) is 14.5 Å². The first-order valence-electron chi connectivity index (χ1n) is 4.71. The normalized spacial score (nSPS) is 22.9. The van der Waals surface area contributed by atoms with Gasteiger partial charge in [-0.2, -0.15) is 0 Å². The van der Waals surface area contributed by atoms with Gasteiger partial charge in [0.2, 0.25) is 11.8 Å². The van der Waals surface area contributed by atoms with Crippen molar-refractivity contribution in [2.45, 2.75) is 25.9 Å². The zero-order chi connectivity index (χ0) is 10.7. The van der Waals surface area contributed by atoms with Crippen LogP contribution in [0.2, 0.25) is 0 Å². The van der Waals surface area contributed by atoms with Crippen molar-refractivity contribution >= 4 is 11.8 Å². The minimum atomic E-state index is -0.661. The van der Waals surface area contributed by atoms with E-state index in [2.05, 4.69) is 6.58 Å². The Morgan fingerprint density at radius 2 is 2.50 bits per heavy atom. The summed E-state index contributed by atoms with van der Waals surface area (Å²) in [6, 6.07) is 0. The van der Waals surface area contributed by atoms with Crippen LogP contribution in [0.4, 0.5) is 0 Å². The summed E-state index contributed by atoms with van der Waals surface area (Å²) in [6.07, 6.45) is 1.89. The standard InChI is InChI=1S/C10H15NO3/c1-3-4-5-9(13)11-6-8(7(2)12)10(11)14/h3,7-8,12H,1,4-6H2,2H3/t7-,8+/m1/s1. The average Bonchev–Trinajstić information content (AvgIpc) is 2.11. The van der Waals surface area contributed by atoms with Crippen molar-refractivity contribution in [3.8, 4) is 0 Å². The highest BCUT2D eigenvalue weighted by Gasteiger charge is 2.42. The fraction of sp³-hybridized carbons (Fsp3) is 0.600. The lowest BCUT2D eigenvalue weighted by atomic mass is 9.93. The molecular formula is C10H15NO3. The van der Waals surface area contributed by atoms with Gasteiger partial charge in [0, 0.05) is 13.0 Å². The number of nitrogens with zero attached hydrogens (tertiary/aromatic N) is 1. The fourth-order valence-electron chi connectivity index (χ4n) is 1.40. The van der Waals surface area contributed by atoms with Crippen LogP contribution in [0.25, 0.3) is 0 Å². The summed E-state index contributed by atoms with van der Waals surface area (Å²) < 4.78 is 0. The molecule has 1 saturated heterocycles. The fourth-order valence-corrected chi connectivity index (χ4v) is 1.40. The van der Waals surface area contributed by atoms with E-state index >= 15 is 0 Å².